The van der Waals surface area contributed by atoms with Crippen molar-refractivity contribution in [2.45, 2.75) is 11.4 Å². The summed E-state index contributed by atoms with van der Waals surface area (Å²) >= 11 is 6.04. The lowest BCUT2D eigenvalue weighted by Gasteiger charge is -2.34. The Morgan fingerprint density at radius 3 is 2.41 bits per heavy atom. The second kappa shape index (κ2) is 9.54. The molecule has 6 nitrogen and oxygen atoms in total. The van der Waals surface area contributed by atoms with Gasteiger partial charge < -0.3 is 4.90 Å². The molecule has 1 aliphatic heterocycles. The molecular formula is C21H24ClN3O3S. The number of sulfonamides is 1. The summed E-state index contributed by atoms with van der Waals surface area (Å²) < 4.78 is 26.6. The SMILES string of the molecule is C=CCNS(=O)(=O)c1ccc(C(=O)N2CCN(Cc3cccc(Cl)c3)CC2)cc1. The third-order valence-corrected chi connectivity index (χ3v) is 6.46. The van der Waals surface area contributed by atoms with E-state index in [1.807, 2.05) is 24.3 Å². The molecule has 0 unspecified atom stereocenters. The van der Waals surface area contributed by atoms with Crippen LogP contribution in [-0.2, 0) is 16.6 Å². The first-order valence-corrected chi connectivity index (χ1v) is 11.2. The lowest BCUT2D eigenvalue weighted by atomic mass is 10.1. The van der Waals surface area contributed by atoms with Gasteiger partial charge in [-0.25, -0.2) is 13.1 Å². The summed E-state index contributed by atoms with van der Waals surface area (Å²) in [5.41, 5.74) is 1.63. The van der Waals surface area contributed by atoms with Crippen LogP contribution in [0.3, 0.4) is 0 Å². The fraction of sp³-hybridized carbons (Fsp3) is 0.286. The maximum absolute atomic E-state index is 12.8. The molecular weight excluding hydrogens is 410 g/mol. The average molecular weight is 434 g/mol. The van der Waals surface area contributed by atoms with Crippen molar-refractivity contribution in [1.29, 1.82) is 0 Å². The summed E-state index contributed by atoms with van der Waals surface area (Å²) in [7, 11) is -3.59. The van der Waals surface area contributed by atoms with Crippen molar-refractivity contribution in [1.82, 2.24) is 14.5 Å². The van der Waals surface area contributed by atoms with Crippen molar-refractivity contribution < 1.29 is 13.2 Å². The maximum Gasteiger partial charge on any atom is 0.253 e. The fourth-order valence-electron chi connectivity index (χ4n) is 3.21. The van der Waals surface area contributed by atoms with Gasteiger partial charge in [-0.2, -0.15) is 0 Å². The summed E-state index contributed by atoms with van der Waals surface area (Å²) in [5.74, 6) is -0.0876. The number of carbonyl (C=O) groups is 1. The molecule has 8 heteroatoms. The Hall–Kier alpha value is -2.19. The monoisotopic (exact) mass is 433 g/mol. The van der Waals surface area contributed by atoms with Crippen LogP contribution in [0.5, 0.6) is 0 Å². The zero-order valence-corrected chi connectivity index (χ0v) is 17.6. The Bertz CT molecular complexity index is 969. The van der Waals surface area contributed by atoms with Crippen molar-refractivity contribution in [3.8, 4) is 0 Å². The van der Waals surface area contributed by atoms with Crippen molar-refractivity contribution in [2.75, 3.05) is 32.7 Å². The molecule has 0 aromatic heterocycles. The van der Waals surface area contributed by atoms with E-state index in [1.165, 1.54) is 18.2 Å². The number of hydrogen-bond donors (Lipinski definition) is 1. The van der Waals surface area contributed by atoms with Gasteiger partial charge in [0.05, 0.1) is 4.90 Å². The zero-order valence-electron chi connectivity index (χ0n) is 16.1. The van der Waals surface area contributed by atoms with Crippen LogP contribution in [0.2, 0.25) is 5.02 Å². The average Bonchev–Trinajstić information content (AvgIpc) is 2.72. The van der Waals surface area contributed by atoms with Crippen LogP contribution in [0.15, 0.2) is 66.1 Å². The van der Waals surface area contributed by atoms with Gasteiger partial charge in [-0.15, -0.1) is 6.58 Å². The summed E-state index contributed by atoms with van der Waals surface area (Å²) in [6.07, 6.45) is 1.47. The van der Waals surface area contributed by atoms with Crippen LogP contribution in [0.4, 0.5) is 0 Å². The van der Waals surface area contributed by atoms with E-state index < -0.39 is 10.0 Å². The lowest BCUT2D eigenvalue weighted by molar-refractivity contribution is 0.0628. The van der Waals surface area contributed by atoms with E-state index >= 15 is 0 Å². The van der Waals surface area contributed by atoms with Crippen molar-refractivity contribution >= 4 is 27.5 Å². The predicted molar refractivity (Wildman–Crippen MR) is 114 cm³/mol. The third-order valence-electron chi connectivity index (χ3n) is 4.78. The molecule has 1 saturated heterocycles. The van der Waals surface area contributed by atoms with Crippen LogP contribution < -0.4 is 4.72 Å². The van der Waals surface area contributed by atoms with E-state index in [0.29, 0.717) is 18.7 Å². The van der Waals surface area contributed by atoms with Gasteiger partial charge in [0.1, 0.15) is 0 Å². The summed E-state index contributed by atoms with van der Waals surface area (Å²) in [4.78, 5) is 17.0. The number of nitrogens with one attached hydrogen (secondary N) is 1. The fourth-order valence-corrected chi connectivity index (χ4v) is 4.43. The molecule has 3 rings (SSSR count). The molecule has 1 amide bonds. The first-order valence-electron chi connectivity index (χ1n) is 9.36. The van der Waals surface area contributed by atoms with Crippen molar-refractivity contribution in [3.05, 3.63) is 77.3 Å². The largest absolute Gasteiger partial charge is 0.336 e. The van der Waals surface area contributed by atoms with E-state index in [4.69, 9.17) is 11.6 Å². The minimum atomic E-state index is -3.59. The van der Waals surface area contributed by atoms with E-state index in [0.717, 1.165) is 30.2 Å². The molecule has 2 aromatic rings. The minimum Gasteiger partial charge on any atom is -0.336 e. The van der Waals surface area contributed by atoms with Crippen LogP contribution in [0.1, 0.15) is 15.9 Å². The molecule has 0 spiro atoms. The molecule has 2 aromatic carbocycles. The topological polar surface area (TPSA) is 69.7 Å². The second-order valence-corrected chi connectivity index (χ2v) is 9.07. The minimum absolute atomic E-state index is 0.0876. The molecule has 0 aliphatic carbocycles. The molecule has 0 bridgehead atoms. The molecule has 1 heterocycles. The number of piperazine rings is 1. The molecule has 154 valence electrons. The summed E-state index contributed by atoms with van der Waals surface area (Å²) in [6, 6.07) is 13.8. The smallest absolute Gasteiger partial charge is 0.253 e. The Morgan fingerprint density at radius 1 is 1.10 bits per heavy atom. The van der Waals surface area contributed by atoms with Crippen LogP contribution in [0, 0.1) is 0 Å². The van der Waals surface area contributed by atoms with Gasteiger partial charge in [0.15, 0.2) is 0 Å². The molecule has 0 atom stereocenters. The van der Waals surface area contributed by atoms with Crippen LogP contribution in [-0.4, -0.2) is 56.8 Å². The van der Waals surface area contributed by atoms with Gasteiger partial charge in [-0.3, -0.25) is 9.69 Å². The number of rotatable bonds is 7. The maximum atomic E-state index is 12.8. The number of nitrogens with zero attached hydrogens (tertiary/aromatic N) is 2. The molecule has 1 aliphatic rings. The van der Waals surface area contributed by atoms with Crippen LogP contribution >= 0.6 is 11.6 Å². The first-order chi connectivity index (χ1) is 13.9. The standard InChI is InChI=1S/C21H24ClN3O3S/c1-2-10-23-29(27,28)20-8-6-18(7-9-20)21(26)25-13-11-24(12-14-25)16-17-4-3-5-19(22)15-17/h2-9,15,23H,1,10-14,16H2. The highest BCUT2D eigenvalue weighted by Gasteiger charge is 2.23. The Kier molecular flexibility index (Phi) is 7.08. The third kappa shape index (κ3) is 5.67. The highest BCUT2D eigenvalue weighted by molar-refractivity contribution is 7.89. The molecule has 1 fully saturated rings. The second-order valence-electron chi connectivity index (χ2n) is 6.86. The van der Waals surface area contributed by atoms with Crippen LogP contribution in [0.25, 0.3) is 0 Å². The molecule has 0 saturated carbocycles. The van der Waals surface area contributed by atoms with E-state index in [9.17, 15) is 13.2 Å². The normalized spacial score (nSPS) is 15.3. The molecule has 29 heavy (non-hydrogen) atoms. The molecule has 1 N–H and O–H groups in total. The van der Waals surface area contributed by atoms with Gasteiger partial charge in [-0.05, 0) is 42.0 Å². The van der Waals surface area contributed by atoms with Crippen molar-refractivity contribution in [3.63, 3.8) is 0 Å². The van der Waals surface area contributed by atoms with Crippen molar-refractivity contribution in [2.24, 2.45) is 0 Å². The highest BCUT2D eigenvalue weighted by Crippen LogP contribution is 2.16. The number of benzene rings is 2. The summed E-state index contributed by atoms with van der Waals surface area (Å²) in [5, 5.41) is 0.724. The number of amides is 1. The first kappa shape index (κ1) is 21.5. The number of carbonyl (C=O) groups excluding carboxylic acids is 1. The number of hydrogen-bond acceptors (Lipinski definition) is 4. The van der Waals surface area contributed by atoms with Gasteiger partial charge in [-0.1, -0.05) is 29.8 Å². The molecule has 0 radical (unpaired) electrons. The highest BCUT2D eigenvalue weighted by atomic mass is 35.5. The van der Waals surface area contributed by atoms with Gasteiger partial charge >= 0.3 is 0 Å². The van der Waals surface area contributed by atoms with E-state index in [-0.39, 0.29) is 17.3 Å². The Labute approximate surface area is 176 Å². The summed E-state index contributed by atoms with van der Waals surface area (Å²) in [6.45, 7) is 7.24. The lowest BCUT2D eigenvalue weighted by Crippen LogP contribution is -2.48. The van der Waals surface area contributed by atoms with Gasteiger partial charge in [0.2, 0.25) is 10.0 Å². The van der Waals surface area contributed by atoms with E-state index in [1.54, 1.807) is 17.0 Å². The Balaban J connectivity index is 1.57. The van der Waals surface area contributed by atoms with Gasteiger partial charge in [0.25, 0.3) is 5.91 Å². The Morgan fingerprint density at radius 2 is 1.79 bits per heavy atom. The van der Waals surface area contributed by atoms with Gasteiger partial charge in [0, 0.05) is 49.9 Å². The number of halogens is 1. The van der Waals surface area contributed by atoms with E-state index in [2.05, 4.69) is 16.2 Å². The zero-order chi connectivity index (χ0) is 20.9. The predicted octanol–water partition coefficient (Wildman–Crippen LogP) is 2.76. The quantitative estimate of drug-likeness (QED) is 0.681.